The predicted octanol–water partition coefficient (Wildman–Crippen LogP) is 2.28. The van der Waals surface area contributed by atoms with E-state index in [-0.39, 0.29) is 5.54 Å². The van der Waals surface area contributed by atoms with E-state index in [1.807, 2.05) is 7.11 Å². The lowest BCUT2D eigenvalue weighted by atomic mass is 9.95. The van der Waals surface area contributed by atoms with Crippen molar-refractivity contribution in [1.29, 1.82) is 0 Å². The Hall–Kier alpha value is -0.160. The van der Waals surface area contributed by atoms with E-state index in [9.17, 15) is 0 Å². The minimum absolute atomic E-state index is 0.177. The van der Waals surface area contributed by atoms with Crippen LogP contribution in [0.2, 0.25) is 0 Å². The SMILES string of the molecule is COC1CN(CC2CCC(CNC(C)(C)C)O2)CCC1C. The molecule has 0 aromatic carbocycles. The Bertz CT molecular complexity index is 316. The number of nitrogens with one attached hydrogen (secondary N) is 1. The molecule has 0 radical (unpaired) electrons. The Morgan fingerprint density at radius 2 is 1.90 bits per heavy atom. The van der Waals surface area contributed by atoms with Crippen molar-refractivity contribution in [3.63, 3.8) is 0 Å². The van der Waals surface area contributed by atoms with Crippen molar-refractivity contribution in [2.45, 2.75) is 70.8 Å². The molecular weight excluding hydrogens is 264 g/mol. The van der Waals surface area contributed by atoms with Gasteiger partial charge in [0.1, 0.15) is 0 Å². The summed E-state index contributed by atoms with van der Waals surface area (Å²) in [6.07, 6.45) is 4.80. The first-order valence-corrected chi connectivity index (χ1v) is 8.53. The van der Waals surface area contributed by atoms with Gasteiger partial charge in [-0.15, -0.1) is 0 Å². The van der Waals surface area contributed by atoms with Gasteiger partial charge in [0.05, 0.1) is 18.3 Å². The molecule has 1 N–H and O–H groups in total. The summed E-state index contributed by atoms with van der Waals surface area (Å²) in [4.78, 5) is 2.53. The summed E-state index contributed by atoms with van der Waals surface area (Å²) in [6, 6.07) is 0. The number of hydrogen-bond acceptors (Lipinski definition) is 4. The van der Waals surface area contributed by atoms with Crippen LogP contribution in [-0.2, 0) is 9.47 Å². The Kier molecular flexibility index (Phi) is 6.06. The van der Waals surface area contributed by atoms with Gasteiger partial charge in [-0.05, 0) is 52.5 Å². The highest BCUT2D eigenvalue weighted by Gasteiger charge is 2.31. The largest absolute Gasteiger partial charge is 0.380 e. The fourth-order valence-electron chi connectivity index (χ4n) is 3.34. The molecule has 2 aliphatic rings. The van der Waals surface area contributed by atoms with Crippen LogP contribution in [0.25, 0.3) is 0 Å². The van der Waals surface area contributed by atoms with E-state index in [1.165, 1.54) is 25.8 Å². The zero-order valence-electron chi connectivity index (χ0n) is 14.5. The van der Waals surface area contributed by atoms with Crippen LogP contribution in [0.1, 0.15) is 47.0 Å². The van der Waals surface area contributed by atoms with Crippen LogP contribution in [0.4, 0.5) is 0 Å². The highest BCUT2D eigenvalue weighted by molar-refractivity contribution is 4.84. The van der Waals surface area contributed by atoms with Crippen LogP contribution in [-0.4, -0.2) is 62.0 Å². The molecule has 0 amide bonds. The number of rotatable bonds is 5. The van der Waals surface area contributed by atoms with E-state index in [0.29, 0.717) is 24.2 Å². The fourth-order valence-corrected chi connectivity index (χ4v) is 3.34. The minimum atomic E-state index is 0.177. The summed E-state index contributed by atoms with van der Waals surface area (Å²) >= 11 is 0. The molecule has 21 heavy (non-hydrogen) atoms. The van der Waals surface area contributed by atoms with Gasteiger partial charge in [0.25, 0.3) is 0 Å². The summed E-state index contributed by atoms with van der Waals surface area (Å²) in [5, 5.41) is 3.55. The molecule has 0 aromatic heterocycles. The lowest BCUT2D eigenvalue weighted by Gasteiger charge is -2.37. The number of nitrogens with zero attached hydrogens (tertiary/aromatic N) is 1. The summed E-state index contributed by atoms with van der Waals surface area (Å²) in [6.45, 7) is 13.2. The Labute approximate surface area is 130 Å². The van der Waals surface area contributed by atoms with E-state index < -0.39 is 0 Å². The van der Waals surface area contributed by atoms with Crippen LogP contribution in [0.5, 0.6) is 0 Å². The van der Waals surface area contributed by atoms with Gasteiger partial charge in [0.15, 0.2) is 0 Å². The fraction of sp³-hybridized carbons (Fsp3) is 1.00. The van der Waals surface area contributed by atoms with E-state index in [0.717, 1.165) is 19.6 Å². The second-order valence-electron chi connectivity index (χ2n) is 7.89. The second kappa shape index (κ2) is 7.40. The predicted molar refractivity (Wildman–Crippen MR) is 86.7 cm³/mol. The Balaban J connectivity index is 1.70. The first-order valence-electron chi connectivity index (χ1n) is 8.53. The van der Waals surface area contributed by atoms with Gasteiger partial charge in [0, 0.05) is 32.3 Å². The molecule has 2 saturated heterocycles. The third kappa shape index (κ3) is 5.51. The topological polar surface area (TPSA) is 33.7 Å². The smallest absolute Gasteiger partial charge is 0.0724 e. The monoisotopic (exact) mass is 298 g/mol. The Morgan fingerprint density at radius 3 is 2.57 bits per heavy atom. The van der Waals surface area contributed by atoms with E-state index in [2.05, 4.69) is 37.9 Å². The molecule has 2 rings (SSSR count). The molecular formula is C17H34N2O2. The van der Waals surface area contributed by atoms with Crippen LogP contribution < -0.4 is 5.32 Å². The molecule has 4 heteroatoms. The highest BCUT2D eigenvalue weighted by atomic mass is 16.5. The van der Waals surface area contributed by atoms with Gasteiger partial charge in [-0.2, -0.15) is 0 Å². The normalized spacial score (nSPS) is 35.3. The molecule has 0 aromatic rings. The minimum Gasteiger partial charge on any atom is -0.380 e. The zero-order chi connectivity index (χ0) is 15.5. The molecule has 2 aliphatic heterocycles. The maximum atomic E-state index is 6.21. The molecule has 2 heterocycles. The van der Waals surface area contributed by atoms with Crippen LogP contribution in [0.15, 0.2) is 0 Å². The number of methoxy groups -OCH3 is 1. The van der Waals surface area contributed by atoms with Gasteiger partial charge in [0.2, 0.25) is 0 Å². The molecule has 124 valence electrons. The van der Waals surface area contributed by atoms with Gasteiger partial charge in [-0.3, -0.25) is 4.90 Å². The summed E-state index contributed by atoms with van der Waals surface area (Å²) in [5.74, 6) is 0.680. The van der Waals surface area contributed by atoms with Gasteiger partial charge < -0.3 is 14.8 Å². The van der Waals surface area contributed by atoms with E-state index >= 15 is 0 Å². The standard InChI is InChI=1S/C17H34N2O2/c1-13-8-9-19(12-16(13)20-5)11-15-7-6-14(21-15)10-18-17(2,3)4/h13-16,18H,6-12H2,1-5H3. The average Bonchev–Trinajstić information content (AvgIpc) is 2.85. The lowest BCUT2D eigenvalue weighted by Crippen LogP contribution is -2.46. The van der Waals surface area contributed by atoms with Crippen LogP contribution in [0.3, 0.4) is 0 Å². The maximum Gasteiger partial charge on any atom is 0.0724 e. The van der Waals surface area contributed by atoms with E-state index in [4.69, 9.17) is 9.47 Å². The summed E-state index contributed by atoms with van der Waals surface area (Å²) < 4.78 is 11.8. The van der Waals surface area contributed by atoms with Crippen molar-refractivity contribution in [2.75, 3.05) is 33.3 Å². The molecule has 0 spiro atoms. The lowest BCUT2D eigenvalue weighted by molar-refractivity contribution is -0.0307. The highest BCUT2D eigenvalue weighted by Crippen LogP contribution is 2.24. The third-order valence-electron chi connectivity index (χ3n) is 4.79. The number of hydrogen-bond donors (Lipinski definition) is 1. The van der Waals surface area contributed by atoms with Gasteiger partial charge >= 0.3 is 0 Å². The quantitative estimate of drug-likeness (QED) is 0.844. The molecule has 0 saturated carbocycles. The van der Waals surface area contributed by atoms with Crippen LogP contribution >= 0.6 is 0 Å². The molecule has 2 fully saturated rings. The van der Waals surface area contributed by atoms with Crippen molar-refractivity contribution in [3.8, 4) is 0 Å². The number of likely N-dealkylation sites (tertiary alicyclic amines) is 1. The first kappa shape index (κ1) is 17.2. The number of ether oxygens (including phenoxy) is 2. The molecule has 0 aliphatic carbocycles. The van der Waals surface area contributed by atoms with Gasteiger partial charge in [-0.1, -0.05) is 6.92 Å². The summed E-state index contributed by atoms with van der Waals surface area (Å²) in [5.41, 5.74) is 0.177. The van der Waals surface area contributed by atoms with Crippen molar-refractivity contribution in [1.82, 2.24) is 10.2 Å². The van der Waals surface area contributed by atoms with Crippen molar-refractivity contribution in [2.24, 2.45) is 5.92 Å². The second-order valence-corrected chi connectivity index (χ2v) is 7.89. The van der Waals surface area contributed by atoms with E-state index in [1.54, 1.807) is 0 Å². The molecule has 4 nitrogen and oxygen atoms in total. The van der Waals surface area contributed by atoms with Crippen LogP contribution in [0, 0.1) is 5.92 Å². The van der Waals surface area contributed by atoms with Gasteiger partial charge in [-0.25, -0.2) is 0 Å². The molecule has 4 unspecified atom stereocenters. The summed E-state index contributed by atoms with van der Waals surface area (Å²) in [7, 11) is 1.84. The third-order valence-corrected chi connectivity index (χ3v) is 4.79. The number of piperidine rings is 1. The molecule has 0 bridgehead atoms. The van der Waals surface area contributed by atoms with Crippen molar-refractivity contribution >= 4 is 0 Å². The zero-order valence-corrected chi connectivity index (χ0v) is 14.5. The first-order chi connectivity index (χ1) is 9.87. The molecule has 4 atom stereocenters. The van der Waals surface area contributed by atoms with Crippen molar-refractivity contribution in [3.05, 3.63) is 0 Å². The maximum absolute atomic E-state index is 6.21. The average molecular weight is 298 g/mol. The Morgan fingerprint density at radius 1 is 1.19 bits per heavy atom. The van der Waals surface area contributed by atoms with Crippen molar-refractivity contribution < 1.29 is 9.47 Å².